The molecule has 1 atom stereocenters. The van der Waals surface area contributed by atoms with Crippen molar-refractivity contribution in [2.45, 2.75) is 34.1 Å². The van der Waals surface area contributed by atoms with Crippen LogP contribution in [0.15, 0.2) is 95.6 Å². The van der Waals surface area contributed by atoms with Gasteiger partial charge in [-0.1, -0.05) is 26.7 Å². The predicted octanol–water partition coefficient (Wildman–Crippen LogP) is 7.67. The Morgan fingerprint density at radius 3 is 1.60 bits per heavy atom. The van der Waals surface area contributed by atoms with Crippen LogP contribution in [-0.2, 0) is 20.0 Å². The number of hydrogen-bond donors (Lipinski definition) is 0. The van der Waals surface area contributed by atoms with Crippen LogP contribution in [-0.4, -0.2) is 3.81 Å². The Labute approximate surface area is 206 Å². The van der Waals surface area contributed by atoms with E-state index in [-0.39, 0.29) is 24.8 Å². The summed E-state index contributed by atoms with van der Waals surface area (Å²) in [5.74, 6) is 0.560. The monoisotopic (exact) mass is 472 g/mol. The van der Waals surface area contributed by atoms with E-state index in [1.165, 1.54) is 31.7 Å². The number of allylic oxidation sites excluding steroid dienone is 8. The van der Waals surface area contributed by atoms with Crippen molar-refractivity contribution in [3.8, 4) is 0 Å². The summed E-state index contributed by atoms with van der Waals surface area (Å²) in [4.78, 5) is 0. The molecule has 0 aliphatic heterocycles. The van der Waals surface area contributed by atoms with Gasteiger partial charge >= 0.3 is 95.6 Å². The quantitative estimate of drug-likeness (QED) is 0.310. The molecule has 0 N–H and O–H groups in total. The van der Waals surface area contributed by atoms with Crippen molar-refractivity contribution in [1.29, 1.82) is 0 Å². The van der Waals surface area contributed by atoms with Gasteiger partial charge < -0.3 is 0 Å². The number of rotatable bonds is 2. The van der Waals surface area contributed by atoms with E-state index in [0.717, 1.165) is 6.42 Å². The van der Waals surface area contributed by atoms with E-state index >= 15 is 0 Å². The summed E-state index contributed by atoms with van der Waals surface area (Å²) in [7, 11) is 0. The van der Waals surface area contributed by atoms with Crippen molar-refractivity contribution >= 4 is 28.6 Å². The van der Waals surface area contributed by atoms with E-state index in [2.05, 4.69) is 114 Å². The summed E-state index contributed by atoms with van der Waals surface area (Å²) in [5.41, 5.74) is 6.83. The Morgan fingerprint density at radius 2 is 1.37 bits per heavy atom. The van der Waals surface area contributed by atoms with Crippen LogP contribution in [0.1, 0.15) is 45.2 Å². The van der Waals surface area contributed by atoms with E-state index in [1.807, 2.05) is 24.3 Å². The first kappa shape index (κ1) is 28.6. The van der Waals surface area contributed by atoms with Crippen LogP contribution in [0, 0.1) is 18.1 Å². The summed E-state index contributed by atoms with van der Waals surface area (Å²) in [6, 6.07) is 20.9. The van der Waals surface area contributed by atoms with E-state index in [4.69, 9.17) is 0 Å². The molecule has 0 heterocycles. The molecule has 0 radical (unpaired) electrons. The second kappa shape index (κ2) is 15.4. The van der Waals surface area contributed by atoms with Gasteiger partial charge in [-0.2, -0.15) is 17.2 Å². The average molecular weight is 473 g/mol. The van der Waals surface area contributed by atoms with Crippen LogP contribution in [0.5, 0.6) is 0 Å². The fourth-order valence-electron chi connectivity index (χ4n) is 2.88. The van der Waals surface area contributed by atoms with E-state index in [1.54, 1.807) is 0 Å². The van der Waals surface area contributed by atoms with Gasteiger partial charge in [-0.3, -0.25) is 12.2 Å². The van der Waals surface area contributed by atoms with Crippen LogP contribution in [0.25, 0.3) is 0 Å². The molecule has 0 nitrogen and oxygen atoms in total. The first-order valence-corrected chi connectivity index (χ1v) is 10.5. The average Bonchev–Trinajstić information content (AvgIpc) is 3.39. The fraction of sp³-hybridized carbons (Fsp3) is 0.222. The first-order chi connectivity index (χ1) is 13.5. The van der Waals surface area contributed by atoms with Crippen molar-refractivity contribution in [1.82, 2.24) is 0 Å². The maximum absolute atomic E-state index is 3.36. The molecule has 0 amide bonds. The van der Waals surface area contributed by atoms with Crippen molar-refractivity contribution in [3.63, 3.8) is 0 Å². The summed E-state index contributed by atoms with van der Waals surface area (Å²) in [6.07, 6.45) is 13.4. The Morgan fingerprint density at radius 1 is 0.867 bits per heavy atom. The van der Waals surface area contributed by atoms with Crippen LogP contribution in [0.2, 0.25) is 0 Å². The zero-order valence-electron chi connectivity index (χ0n) is 18.1. The second-order valence-corrected chi connectivity index (χ2v) is 7.69. The standard InChI is InChI=1S/C13H10.C9H13.C5H5.2ClH.Ti/c1-3-7-12(8-4-1)11-13-9-5-2-6-10-13;1-6-5-7(2)9(4)8(6)3;1-2-4-5-3-1;;;/h1-10H;6H,1-4H3;1-3H,4H2;2*1H;/q;2*-1;;;+2. The number of benzene rings is 2. The second-order valence-electron chi connectivity index (χ2n) is 6.91. The van der Waals surface area contributed by atoms with Crippen molar-refractivity contribution in [2.75, 3.05) is 0 Å². The zero-order valence-corrected chi connectivity index (χ0v) is 21.3. The third-order valence-electron chi connectivity index (χ3n) is 4.95. The Balaban J connectivity index is 0.000000454. The maximum atomic E-state index is 3.36. The van der Waals surface area contributed by atoms with Crippen LogP contribution >= 0.6 is 24.8 Å². The Bertz CT molecular complexity index is 839. The van der Waals surface area contributed by atoms with E-state index in [9.17, 15) is 0 Å². The van der Waals surface area contributed by atoms with Gasteiger partial charge in [-0.15, -0.1) is 38.2 Å². The number of halogens is 2. The van der Waals surface area contributed by atoms with Gasteiger partial charge in [0.1, 0.15) is 0 Å². The van der Waals surface area contributed by atoms with Gasteiger partial charge in [0, 0.05) is 0 Å². The van der Waals surface area contributed by atoms with Gasteiger partial charge in [-0.25, -0.2) is 17.7 Å². The van der Waals surface area contributed by atoms with Gasteiger partial charge in [0.15, 0.2) is 0 Å². The van der Waals surface area contributed by atoms with Crippen molar-refractivity contribution < 1.29 is 20.0 Å². The molecule has 2 aromatic rings. The molecule has 0 aromatic heterocycles. The van der Waals surface area contributed by atoms with Crippen LogP contribution < -0.4 is 0 Å². The Hall–Kier alpha value is -1.44. The van der Waals surface area contributed by atoms with Gasteiger partial charge in [0.25, 0.3) is 0 Å². The number of hydrogen-bond acceptors (Lipinski definition) is 0. The minimum atomic E-state index is 0. The summed E-state index contributed by atoms with van der Waals surface area (Å²) < 4.78 is 1.33. The topological polar surface area (TPSA) is 0 Å². The molecule has 1 unspecified atom stereocenters. The molecule has 0 fully saturated rings. The molecule has 0 bridgehead atoms. The third kappa shape index (κ3) is 9.15. The molecule has 2 aromatic carbocycles. The van der Waals surface area contributed by atoms with Gasteiger partial charge in [0.2, 0.25) is 0 Å². The molecule has 4 rings (SSSR count). The molecule has 2 aliphatic carbocycles. The van der Waals surface area contributed by atoms with Crippen LogP contribution in [0.4, 0.5) is 0 Å². The van der Waals surface area contributed by atoms with Gasteiger partial charge in [-0.05, 0) is 0 Å². The first-order valence-electron chi connectivity index (χ1n) is 9.69. The molecule has 0 spiro atoms. The van der Waals surface area contributed by atoms with Crippen molar-refractivity contribution in [3.05, 3.63) is 119 Å². The molecule has 0 saturated heterocycles. The molecule has 156 valence electrons. The summed E-state index contributed by atoms with van der Waals surface area (Å²) >= 11 is 2.16. The van der Waals surface area contributed by atoms with E-state index < -0.39 is 0 Å². The fourth-order valence-corrected chi connectivity index (χ4v) is 3.40. The molecular weight excluding hydrogens is 443 g/mol. The molecule has 30 heavy (non-hydrogen) atoms. The Kier molecular flexibility index (Phi) is 14.6. The zero-order chi connectivity index (χ0) is 20.4. The summed E-state index contributed by atoms with van der Waals surface area (Å²) in [6.45, 7) is 8.67. The van der Waals surface area contributed by atoms with Crippen molar-refractivity contribution in [2.24, 2.45) is 5.92 Å². The third-order valence-corrected chi connectivity index (χ3v) is 5.85. The summed E-state index contributed by atoms with van der Waals surface area (Å²) in [5, 5.41) is 0. The molecule has 3 heteroatoms. The molecule has 2 aliphatic rings. The van der Waals surface area contributed by atoms with Crippen LogP contribution in [0.3, 0.4) is 0 Å². The normalized spacial score (nSPS) is 15.7. The minimum absolute atomic E-state index is 0. The predicted molar refractivity (Wildman–Crippen MR) is 132 cm³/mol. The SMILES string of the molecule is CC1=[C-]C(C)C(C)=C1C.Cl.Cl.[C-]1=CC=CC1.[Ti+2]=[C](c1ccccc1)c1ccccc1. The molecular formula is C27H30Cl2Ti. The van der Waals surface area contributed by atoms with E-state index in [0.29, 0.717) is 5.92 Å². The molecule has 0 saturated carbocycles. The van der Waals surface area contributed by atoms with Gasteiger partial charge in [0.05, 0.1) is 0 Å².